The maximum Gasteiger partial charge on any atom is 0.243 e. The molecule has 1 aliphatic rings. The molecule has 4 rings (SSSR count). The Bertz CT molecular complexity index is 947. The van der Waals surface area contributed by atoms with Crippen molar-refractivity contribution in [3.63, 3.8) is 0 Å². The second-order valence-corrected chi connectivity index (χ2v) is 6.98. The predicted molar refractivity (Wildman–Crippen MR) is 110 cm³/mol. The molecule has 2 atom stereocenters. The van der Waals surface area contributed by atoms with E-state index in [1.807, 2.05) is 55.5 Å². The molecule has 0 saturated heterocycles. The first kappa shape index (κ1) is 17.2. The molecule has 134 valence electrons. The Morgan fingerprint density at radius 3 is 2.11 bits per heavy atom. The van der Waals surface area contributed by atoms with Crippen LogP contribution in [0, 0.1) is 5.92 Å². The zero-order chi connectivity index (χ0) is 18.6. The van der Waals surface area contributed by atoms with Gasteiger partial charge in [-0.3, -0.25) is 4.79 Å². The number of hydrogen-bond donors (Lipinski definition) is 1. The summed E-state index contributed by atoms with van der Waals surface area (Å²) in [5.74, 6) is 0.361. The van der Waals surface area contributed by atoms with Gasteiger partial charge >= 0.3 is 0 Å². The van der Waals surface area contributed by atoms with Crippen LogP contribution in [0.1, 0.15) is 30.4 Å². The van der Waals surface area contributed by atoms with Gasteiger partial charge in [0.25, 0.3) is 0 Å². The molecule has 1 saturated carbocycles. The van der Waals surface area contributed by atoms with Crippen LogP contribution in [0.15, 0.2) is 90.0 Å². The number of benzene rings is 3. The number of carbonyl (C=O) groups excluding carboxylic acids is 1. The van der Waals surface area contributed by atoms with Crippen LogP contribution in [0.4, 0.5) is 0 Å². The van der Waals surface area contributed by atoms with E-state index in [4.69, 9.17) is 0 Å². The molecule has 1 aliphatic carbocycles. The monoisotopic (exact) mass is 354 g/mol. The fourth-order valence-electron chi connectivity index (χ4n) is 3.37. The summed E-state index contributed by atoms with van der Waals surface area (Å²) in [6.07, 6.45) is 0.899. The summed E-state index contributed by atoms with van der Waals surface area (Å²) >= 11 is 0. The molecular formula is C24H22N2O. The van der Waals surface area contributed by atoms with E-state index in [0.717, 1.165) is 17.7 Å². The normalized spacial score (nSPS) is 18.8. The molecule has 0 spiro atoms. The molecule has 0 bridgehead atoms. The fraction of sp³-hybridized carbons (Fsp3) is 0.167. The highest BCUT2D eigenvalue weighted by Crippen LogP contribution is 2.47. The van der Waals surface area contributed by atoms with Crippen molar-refractivity contribution in [1.82, 2.24) is 5.43 Å². The van der Waals surface area contributed by atoms with Gasteiger partial charge in [-0.2, -0.15) is 5.10 Å². The maximum absolute atomic E-state index is 12.3. The summed E-state index contributed by atoms with van der Waals surface area (Å²) in [5, 5.41) is 4.30. The van der Waals surface area contributed by atoms with E-state index in [9.17, 15) is 4.79 Å². The average Bonchev–Trinajstić information content (AvgIpc) is 3.54. The molecule has 3 heteroatoms. The number of carbonyl (C=O) groups is 1. The lowest BCUT2D eigenvalue weighted by Gasteiger charge is -2.05. The minimum absolute atomic E-state index is 0.00380. The van der Waals surface area contributed by atoms with Crippen LogP contribution >= 0.6 is 0 Å². The summed E-state index contributed by atoms with van der Waals surface area (Å²) in [6.45, 7) is 1.92. The molecule has 1 amide bonds. The van der Waals surface area contributed by atoms with E-state index in [1.165, 1.54) is 16.7 Å². The average molecular weight is 354 g/mol. The van der Waals surface area contributed by atoms with Crippen molar-refractivity contribution in [3.8, 4) is 11.1 Å². The van der Waals surface area contributed by atoms with Gasteiger partial charge in [0, 0.05) is 5.92 Å². The van der Waals surface area contributed by atoms with Crippen molar-refractivity contribution in [1.29, 1.82) is 0 Å². The molecule has 1 fully saturated rings. The van der Waals surface area contributed by atoms with Gasteiger partial charge in [0.1, 0.15) is 0 Å². The summed E-state index contributed by atoms with van der Waals surface area (Å²) in [7, 11) is 0. The van der Waals surface area contributed by atoms with Gasteiger partial charge in [-0.1, -0.05) is 84.9 Å². The van der Waals surface area contributed by atoms with Crippen LogP contribution in [0.2, 0.25) is 0 Å². The first-order chi connectivity index (χ1) is 13.2. The Labute approximate surface area is 159 Å². The summed E-state index contributed by atoms with van der Waals surface area (Å²) < 4.78 is 0. The largest absolute Gasteiger partial charge is 0.273 e. The molecule has 0 aromatic heterocycles. The Kier molecular flexibility index (Phi) is 4.84. The standard InChI is InChI=1S/C24H22N2O/c1-17(18-12-14-20(15-13-18)19-8-4-2-5-9-19)25-26-24(27)23-16-22(23)21-10-6-3-7-11-21/h2-15,22-23H,16H2,1H3,(H,26,27)/b25-17+. The molecule has 0 heterocycles. The molecule has 0 aliphatic heterocycles. The van der Waals surface area contributed by atoms with Crippen molar-refractivity contribution >= 4 is 11.6 Å². The van der Waals surface area contributed by atoms with Gasteiger partial charge in [-0.15, -0.1) is 0 Å². The molecule has 27 heavy (non-hydrogen) atoms. The first-order valence-corrected chi connectivity index (χ1v) is 9.27. The number of hydrogen-bond acceptors (Lipinski definition) is 2. The Balaban J connectivity index is 1.38. The van der Waals surface area contributed by atoms with Crippen molar-refractivity contribution in [3.05, 3.63) is 96.1 Å². The lowest BCUT2D eigenvalue weighted by molar-refractivity contribution is -0.122. The van der Waals surface area contributed by atoms with Crippen molar-refractivity contribution in [2.45, 2.75) is 19.3 Å². The van der Waals surface area contributed by atoms with E-state index in [-0.39, 0.29) is 11.8 Å². The zero-order valence-corrected chi connectivity index (χ0v) is 15.3. The Morgan fingerprint density at radius 1 is 0.852 bits per heavy atom. The third-order valence-electron chi connectivity index (χ3n) is 5.10. The van der Waals surface area contributed by atoms with E-state index >= 15 is 0 Å². The number of amides is 1. The Hall–Kier alpha value is -3.20. The van der Waals surface area contributed by atoms with Crippen LogP contribution in [0.3, 0.4) is 0 Å². The third kappa shape index (κ3) is 3.98. The smallest absolute Gasteiger partial charge is 0.243 e. The van der Waals surface area contributed by atoms with Crippen LogP contribution in [-0.2, 0) is 4.79 Å². The lowest BCUT2D eigenvalue weighted by Crippen LogP contribution is -2.21. The van der Waals surface area contributed by atoms with E-state index in [0.29, 0.717) is 5.92 Å². The maximum atomic E-state index is 12.3. The first-order valence-electron chi connectivity index (χ1n) is 9.27. The molecule has 2 unspecified atom stereocenters. The van der Waals surface area contributed by atoms with Crippen molar-refractivity contribution in [2.24, 2.45) is 11.0 Å². The summed E-state index contributed by atoms with van der Waals surface area (Å²) in [6, 6.07) is 28.7. The van der Waals surface area contributed by atoms with Crippen LogP contribution in [0.5, 0.6) is 0 Å². The van der Waals surface area contributed by atoms with Gasteiger partial charge in [0.15, 0.2) is 0 Å². The highest BCUT2D eigenvalue weighted by molar-refractivity contribution is 5.99. The minimum atomic E-state index is 0.00380. The van der Waals surface area contributed by atoms with Crippen molar-refractivity contribution < 1.29 is 4.79 Å². The van der Waals surface area contributed by atoms with Gasteiger partial charge in [0.05, 0.1) is 5.71 Å². The molecule has 3 nitrogen and oxygen atoms in total. The predicted octanol–water partition coefficient (Wildman–Crippen LogP) is 5.00. The molecule has 1 N–H and O–H groups in total. The molecule has 3 aromatic rings. The molecular weight excluding hydrogens is 332 g/mol. The fourth-order valence-corrected chi connectivity index (χ4v) is 3.37. The second kappa shape index (κ2) is 7.58. The zero-order valence-electron chi connectivity index (χ0n) is 15.3. The van der Waals surface area contributed by atoms with Gasteiger partial charge in [-0.05, 0) is 41.5 Å². The van der Waals surface area contributed by atoms with E-state index in [1.54, 1.807) is 0 Å². The second-order valence-electron chi connectivity index (χ2n) is 6.98. The summed E-state index contributed by atoms with van der Waals surface area (Å²) in [5.41, 5.74) is 8.13. The lowest BCUT2D eigenvalue weighted by atomic mass is 10.0. The van der Waals surface area contributed by atoms with Gasteiger partial charge in [0.2, 0.25) is 5.91 Å². The highest BCUT2D eigenvalue weighted by Gasteiger charge is 2.43. The van der Waals surface area contributed by atoms with Crippen LogP contribution < -0.4 is 5.43 Å². The number of rotatable bonds is 5. The van der Waals surface area contributed by atoms with E-state index < -0.39 is 0 Å². The number of nitrogens with one attached hydrogen (secondary N) is 1. The molecule has 3 aromatic carbocycles. The Morgan fingerprint density at radius 2 is 1.44 bits per heavy atom. The molecule has 0 radical (unpaired) electrons. The van der Waals surface area contributed by atoms with Crippen LogP contribution in [0.25, 0.3) is 11.1 Å². The topological polar surface area (TPSA) is 41.5 Å². The summed E-state index contributed by atoms with van der Waals surface area (Å²) in [4.78, 5) is 12.3. The third-order valence-corrected chi connectivity index (χ3v) is 5.10. The quantitative estimate of drug-likeness (QED) is 0.508. The highest BCUT2D eigenvalue weighted by atomic mass is 16.2. The van der Waals surface area contributed by atoms with Gasteiger partial charge < -0.3 is 0 Å². The van der Waals surface area contributed by atoms with Crippen molar-refractivity contribution in [2.75, 3.05) is 0 Å². The SMILES string of the molecule is C/C(=N\NC(=O)C1CC1c1ccccc1)c1ccc(-c2ccccc2)cc1. The minimum Gasteiger partial charge on any atom is -0.273 e. The number of nitrogens with zero attached hydrogens (tertiary/aromatic N) is 1. The van der Waals surface area contributed by atoms with Crippen LogP contribution in [-0.4, -0.2) is 11.6 Å². The van der Waals surface area contributed by atoms with E-state index in [2.05, 4.69) is 46.9 Å². The number of hydrazone groups is 1. The van der Waals surface area contributed by atoms with Gasteiger partial charge in [-0.25, -0.2) is 5.43 Å².